The fourth-order valence-corrected chi connectivity index (χ4v) is 3.97. The quantitative estimate of drug-likeness (QED) is 0.605. The van der Waals surface area contributed by atoms with Crippen molar-refractivity contribution >= 4 is 23.0 Å². The number of thiocarbonyl (C=S) groups is 1. The lowest BCUT2D eigenvalue weighted by Crippen LogP contribution is -2.41. The molecule has 0 amide bonds. The van der Waals surface area contributed by atoms with Crippen LogP contribution in [-0.2, 0) is 0 Å². The Morgan fingerprint density at radius 1 is 1.06 bits per heavy atom. The van der Waals surface area contributed by atoms with E-state index in [-0.39, 0.29) is 6.04 Å². The van der Waals surface area contributed by atoms with E-state index in [4.69, 9.17) is 21.7 Å². The molecule has 1 aliphatic heterocycles. The van der Waals surface area contributed by atoms with Gasteiger partial charge in [-0.15, -0.1) is 10.2 Å². The zero-order valence-corrected chi connectivity index (χ0v) is 18.7. The SMILES string of the molecule is COc1ccc(-c2nnn(C3CCN(C(=S)Nc4ccccc4C)CC3)n2)cc1OC. The van der Waals surface area contributed by atoms with E-state index >= 15 is 0 Å². The van der Waals surface area contributed by atoms with Crippen LogP contribution in [0, 0.1) is 6.92 Å². The van der Waals surface area contributed by atoms with Crippen molar-refractivity contribution in [3.63, 3.8) is 0 Å². The molecule has 0 bridgehead atoms. The van der Waals surface area contributed by atoms with Crippen molar-refractivity contribution < 1.29 is 9.47 Å². The van der Waals surface area contributed by atoms with E-state index < -0.39 is 0 Å². The van der Waals surface area contributed by atoms with E-state index in [2.05, 4.69) is 38.6 Å². The molecule has 1 fully saturated rings. The molecule has 162 valence electrons. The number of nitrogens with zero attached hydrogens (tertiary/aromatic N) is 5. The lowest BCUT2D eigenvalue weighted by atomic mass is 10.1. The number of ether oxygens (including phenoxy) is 2. The van der Waals surface area contributed by atoms with Crippen molar-refractivity contribution in [1.29, 1.82) is 0 Å². The second kappa shape index (κ2) is 9.30. The smallest absolute Gasteiger partial charge is 0.205 e. The molecule has 1 aliphatic rings. The minimum absolute atomic E-state index is 0.193. The number of hydrogen-bond acceptors (Lipinski definition) is 6. The van der Waals surface area contributed by atoms with Gasteiger partial charge in [0.05, 0.1) is 20.3 Å². The molecule has 8 nitrogen and oxygen atoms in total. The zero-order valence-electron chi connectivity index (χ0n) is 17.9. The summed E-state index contributed by atoms with van der Waals surface area (Å²) in [6.45, 7) is 3.76. The fourth-order valence-electron chi connectivity index (χ4n) is 3.68. The normalized spacial score (nSPS) is 14.4. The fraction of sp³-hybridized carbons (Fsp3) is 0.364. The molecule has 4 rings (SSSR count). The molecule has 0 atom stereocenters. The second-order valence-corrected chi connectivity index (χ2v) is 7.85. The van der Waals surface area contributed by atoms with Gasteiger partial charge in [-0.25, -0.2) is 0 Å². The summed E-state index contributed by atoms with van der Waals surface area (Å²) >= 11 is 5.63. The van der Waals surface area contributed by atoms with Crippen LogP contribution in [0.15, 0.2) is 42.5 Å². The van der Waals surface area contributed by atoms with Gasteiger partial charge in [-0.3, -0.25) is 0 Å². The van der Waals surface area contributed by atoms with Crippen molar-refractivity contribution in [3.8, 4) is 22.9 Å². The monoisotopic (exact) mass is 438 g/mol. The van der Waals surface area contributed by atoms with Crippen molar-refractivity contribution in [3.05, 3.63) is 48.0 Å². The standard InChI is InChI=1S/C22H26N6O2S/c1-15-6-4-5-7-18(15)23-22(31)27-12-10-17(11-13-27)28-25-21(24-26-28)16-8-9-19(29-2)20(14-16)30-3/h4-9,14,17H,10-13H2,1-3H3,(H,23,31). The van der Waals surface area contributed by atoms with Gasteiger partial charge >= 0.3 is 0 Å². The van der Waals surface area contributed by atoms with Crippen LogP contribution in [0.1, 0.15) is 24.4 Å². The summed E-state index contributed by atoms with van der Waals surface area (Å²) in [7, 11) is 3.22. The second-order valence-electron chi connectivity index (χ2n) is 7.47. The molecule has 1 saturated heterocycles. The predicted molar refractivity (Wildman–Crippen MR) is 124 cm³/mol. The summed E-state index contributed by atoms with van der Waals surface area (Å²) in [6, 6.07) is 14.0. The topological polar surface area (TPSA) is 77.3 Å². The Kier molecular flexibility index (Phi) is 6.31. The van der Waals surface area contributed by atoms with Gasteiger partial charge in [0.15, 0.2) is 16.6 Å². The molecule has 0 unspecified atom stereocenters. The Morgan fingerprint density at radius 2 is 1.81 bits per heavy atom. The number of piperidine rings is 1. The molecule has 2 aromatic carbocycles. The molecular formula is C22H26N6O2S. The van der Waals surface area contributed by atoms with Gasteiger partial charge in [0.25, 0.3) is 0 Å². The number of para-hydroxylation sites is 1. The molecule has 3 aromatic rings. The average Bonchev–Trinajstić information content (AvgIpc) is 3.30. The largest absolute Gasteiger partial charge is 0.493 e. The number of tetrazole rings is 1. The van der Waals surface area contributed by atoms with E-state index in [9.17, 15) is 0 Å². The number of aryl methyl sites for hydroxylation is 1. The Bertz CT molecular complexity index is 1060. The molecule has 0 saturated carbocycles. The Morgan fingerprint density at radius 3 is 2.52 bits per heavy atom. The van der Waals surface area contributed by atoms with Gasteiger partial charge in [-0.1, -0.05) is 18.2 Å². The third kappa shape index (κ3) is 4.61. The van der Waals surface area contributed by atoms with Gasteiger partial charge in [-0.05, 0) is 67.0 Å². The zero-order chi connectivity index (χ0) is 21.8. The lowest BCUT2D eigenvalue weighted by Gasteiger charge is -2.33. The van der Waals surface area contributed by atoms with Gasteiger partial charge < -0.3 is 19.7 Å². The van der Waals surface area contributed by atoms with Crippen molar-refractivity contribution in [2.24, 2.45) is 0 Å². The van der Waals surface area contributed by atoms with E-state index in [0.29, 0.717) is 17.3 Å². The van der Waals surface area contributed by atoms with E-state index in [1.54, 1.807) is 19.0 Å². The third-order valence-corrected chi connectivity index (χ3v) is 5.90. The Balaban J connectivity index is 1.38. The maximum absolute atomic E-state index is 5.63. The van der Waals surface area contributed by atoms with Crippen molar-refractivity contribution in [2.75, 3.05) is 32.6 Å². The predicted octanol–water partition coefficient (Wildman–Crippen LogP) is 3.70. The van der Waals surface area contributed by atoms with Crippen LogP contribution in [0.2, 0.25) is 0 Å². The molecule has 31 heavy (non-hydrogen) atoms. The molecule has 9 heteroatoms. The molecule has 0 radical (unpaired) electrons. The molecule has 2 heterocycles. The maximum Gasteiger partial charge on any atom is 0.205 e. The minimum atomic E-state index is 0.193. The van der Waals surface area contributed by atoms with Crippen LogP contribution in [0.25, 0.3) is 11.4 Å². The average molecular weight is 439 g/mol. The van der Waals surface area contributed by atoms with Crippen LogP contribution in [0.4, 0.5) is 5.69 Å². The summed E-state index contributed by atoms with van der Waals surface area (Å²) in [5.41, 5.74) is 3.06. The highest BCUT2D eigenvalue weighted by Gasteiger charge is 2.24. The molecule has 0 aliphatic carbocycles. The highest BCUT2D eigenvalue weighted by Crippen LogP contribution is 2.31. The van der Waals surface area contributed by atoms with E-state index in [1.165, 1.54) is 5.56 Å². The number of hydrogen-bond donors (Lipinski definition) is 1. The minimum Gasteiger partial charge on any atom is -0.493 e. The van der Waals surface area contributed by atoms with Gasteiger partial charge in [-0.2, -0.15) is 4.80 Å². The molecule has 0 spiro atoms. The lowest BCUT2D eigenvalue weighted by molar-refractivity contribution is 0.238. The van der Waals surface area contributed by atoms with Crippen molar-refractivity contribution in [2.45, 2.75) is 25.8 Å². The summed E-state index contributed by atoms with van der Waals surface area (Å²) in [5.74, 6) is 1.88. The number of aromatic nitrogens is 4. The molecule has 1 N–H and O–H groups in total. The molecular weight excluding hydrogens is 412 g/mol. The first-order chi connectivity index (χ1) is 15.1. The van der Waals surface area contributed by atoms with Gasteiger partial charge in [0.1, 0.15) is 0 Å². The number of likely N-dealkylation sites (tertiary alicyclic amines) is 1. The number of benzene rings is 2. The highest BCUT2D eigenvalue weighted by atomic mass is 32.1. The number of methoxy groups -OCH3 is 2. The maximum atomic E-state index is 5.63. The third-order valence-electron chi connectivity index (χ3n) is 5.53. The first-order valence-electron chi connectivity index (χ1n) is 10.2. The van der Waals surface area contributed by atoms with Crippen molar-refractivity contribution in [1.82, 2.24) is 25.1 Å². The first-order valence-corrected chi connectivity index (χ1v) is 10.6. The van der Waals surface area contributed by atoms with Crippen LogP contribution in [0.3, 0.4) is 0 Å². The van der Waals surface area contributed by atoms with Gasteiger partial charge in [0.2, 0.25) is 5.82 Å². The van der Waals surface area contributed by atoms with Crippen LogP contribution in [0.5, 0.6) is 11.5 Å². The summed E-state index contributed by atoms with van der Waals surface area (Å²) in [4.78, 5) is 3.92. The van der Waals surface area contributed by atoms with Gasteiger partial charge in [0, 0.05) is 24.3 Å². The highest BCUT2D eigenvalue weighted by molar-refractivity contribution is 7.80. The Hall–Kier alpha value is -3.20. The van der Waals surface area contributed by atoms with E-state index in [1.807, 2.05) is 36.4 Å². The van der Waals surface area contributed by atoms with Crippen LogP contribution in [-0.4, -0.2) is 57.5 Å². The first kappa shape index (κ1) is 21.0. The summed E-state index contributed by atoms with van der Waals surface area (Å²) in [5, 5.41) is 17.3. The summed E-state index contributed by atoms with van der Waals surface area (Å²) < 4.78 is 10.7. The van der Waals surface area contributed by atoms with Crippen LogP contribution < -0.4 is 14.8 Å². The number of rotatable bonds is 5. The summed E-state index contributed by atoms with van der Waals surface area (Å²) in [6.07, 6.45) is 1.80. The number of nitrogens with one attached hydrogen (secondary N) is 1. The van der Waals surface area contributed by atoms with E-state index in [0.717, 1.165) is 42.3 Å². The number of anilines is 1. The van der Waals surface area contributed by atoms with Crippen LogP contribution >= 0.6 is 12.2 Å². The Labute approximate surface area is 187 Å². The molecule has 1 aromatic heterocycles.